The minimum absolute atomic E-state index is 0. The number of benzene rings is 2. The van der Waals surface area contributed by atoms with Crippen molar-refractivity contribution in [3.05, 3.63) is 70.2 Å². The summed E-state index contributed by atoms with van der Waals surface area (Å²) >= 11 is 6.21. The highest BCUT2D eigenvalue weighted by molar-refractivity contribution is 14.0. The van der Waals surface area contributed by atoms with E-state index in [2.05, 4.69) is 27.8 Å². The zero-order chi connectivity index (χ0) is 20.5. The van der Waals surface area contributed by atoms with Crippen molar-refractivity contribution in [3.63, 3.8) is 0 Å². The predicted molar refractivity (Wildman–Crippen MR) is 134 cm³/mol. The molecule has 3 rings (SSSR count). The molecule has 0 atom stereocenters. The molecule has 7 heteroatoms. The van der Waals surface area contributed by atoms with E-state index in [0.29, 0.717) is 13.0 Å². The summed E-state index contributed by atoms with van der Waals surface area (Å²) in [4.78, 5) is 19.0. The molecule has 5 nitrogen and oxygen atoms in total. The molecule has 1 heterocycles. The van der Waals surface area contributed by atoms with Crippen LogP contribution in [0, 0.1) is 0 Å². The first kappa shape index (κ1) is 24.5. The molecule has 0 aromatic heterocycles. The number of halogens is 2. The molecule has 0 bridgehead atoms. The third-order valence-electron chi connectivity index (χ3n) is 5.00. The fourth-order valence-corrected chi connectivity index (χ4v) is 3.68. The van der Waals surface area contributed by atoms with Crippen molar-refractivity contribution in [1.29, 1.82) is 0 Å². The average Bonchev–Trinajstić information content (AvgIpc) is 3.17. The van der Waals surface area contributed by atoms with Gasteiger partial charge in [0, 0.05) is 44.2 Å². The molecule has 0 fully saturated rings. The first-order valence-corrected chi connectivity index (χ1v) is 10.7. The van der Waals surface area contributed by atoms with Gasteiger partial charge in [0.1, 0.15) is 0 Å². The summed E-state index contributed by atoms with van der Waals surface area (Å²) in [5, 5.41) is 7.38. The van der Waals surface area contributed by atoms with E-state index in [4.69, 9.17) is 11.6 Å². The Bertz CT molecular complexity index is 834. The van der Waals surface area contributed by atoms with Crippen LogP contribution in [0.15, 0.2) is 53.5 Å². The fourth-order valence-electron chi connectivity index (χ4n) is 3.45. The summed E-state index contributed by atoms with van der Waals surface area (Å²) in [6.07, 6.45) is 2.10. The SMILES string of the molecule is CCNC(=NCCCC(=O)N1Cc2ccccc2C1)NCCc1ccccc1Cl.I. The Kier molecular flexibility index (Phi) is 10.4. The Morgan fingerprint density at radius 1 is 1.07 bits per heavy atom. The van der Waals surface area contributed by atoms with E-state index in [1.54, 1.807) is 0 Å². The topological polar surface area (TPSA) is 56.7 Å². The van der Waals surface area contributed by atoms with E-state index in [9.17, 15) is 4.79 Å². The van der Waals surface area contributed by atoms with Crippen molar-refractivity contribution >= 4 is 47.4 Å². The van der Waals surface area contributed by atoms with Gasteiger partial charge in [-0.15, -0.1) is 24.0 Å². The molecule has 1 aliphatic rings. The molecule has 2 N–H and O–H groups in total. The lowest BCUT2D eigenvalue weighted by atomic mass is 10.1. The van der Waals surface area contributed by atoms with Gasteiger partial charge < -0.3 is 15.5 Å². The number of aliphatic imine (C=N–C) groups is 1. The molecule has 2 aromatic carbocycles. The molecule has 0 radical (unpaired) electrons. The van der Waals surface area contributed by atoms with Crippen molar-refractivity contribution in [2.45, 2.75) is 39.3 Å². The second-order valence-corrected chi connectivity index (χ2v) is 7.56. The summed E-state index contributed by atoms with van der Waals surface area (Å²) in [5.41, 5.74) is 3.64. The number of fused-ring (bicyclic) bond motifs is 1. The van der Waals surface area contributed by atoms with Gasteiger partial charge >= 0.3 is 0 Å². The van der Waals surface area contributed by atoms with E-state index >= 15 is 0 Å². The summed E-state index contributed by atoms with van der Waals surface area (Å²) in [5.74, 6) is 0.980. The fraction of sp³-hybridized carbons (Fsp3) is 0.391. The quantitative estimate of drug-likeness (QED) is 0.226. The highest BCUT2D eigenvalue weighted by Crippen LogP contribution is 2.22. The first-order valence-electron chi connectivity index (χ1n) is 10.3. The normalized spacial score (nSPS) is 12.9. The van der Waals surface area contributed by atoms with Crippen LogP contribution in [0.3, 0.4) is 0 Å². The van der Waals surface area contributed by atoms with Gasteiger partial charge in [-0.2, -0.15) is 0 Å². The number of nitrogens with one attached hydrogen (secondary N) is 2. The highest BCUT2D eigenvalue weighted by Gasteiger charge is 2.22. The summed E-state index contributed by atoms with van der Waals surface area (Å²) < 4.78 is 0. The third kappa shape index (κ3) is 7.16. The Hall–Kier alpha value is -1.80. The lowest BCUT2D eigenvalue weighted by Gasteiger charge is -2.15. The maximum atomic E-state index is 12.5. The van der Waals surface area contributed by atoms with Crippen LogP contribution in [0.2, 0.25) is 5.02 Å². The van der Waals surface area contributed by atoms with Crippen LogP contribution in [0.1, 0.15) is 36.5 Å². The minimum Gasteiger partial charge on any atom is -0.357 e. The van der Waals surface area contributed by atoms with Crippen molar-refractivity contribution in [1.82, 2.24) is 15.5 Å². The third-order valence-corrected chi connectivity index (χ3v) is 5.37. The maximum absolute atomic E-state index is 12.5. The second kappa shape index (κ2) is 12.8. The molecule has 0 unspecified atom stereocenters. The Morgan fingerprint density at radius 2 is 1.73 bits per heavy atom. The largest absolute Gasteiger partial charge is 0.357 e. The first-order chi connectivity index (χ1) is 14.2. The van der Waals surface area contributed by atoms with Crippen LogP contribution in [-0.4, -0.2) is 36.4 Å². The molecule has 2 aromatic rings. The predicted octanol–water partition coefficient (Wildman–Crippen LogP) is 4.38. The molecular weight excluding hydrogens is 511 g/mol. The highest BCUT2D eigenvalue weighted by atomic mass is 127. The van der Waals surface area contributed by atoms with Crippen LogP contribution >= 0.6 is 35.6 Å². The van der Waals surface area contributed by atoms with Crippen LogP contribution in [0.4, 0.5) is 0 Å². The van der Waals surface area contributed by atoms with Crippen molar-refractivity contribution < 1.29 is 4.79 Å². The van der Waals surface area contributed by atoms with Crippen LogP contribution in [0.25, 0.3) is 0 Å². The molecule has 30 heavy (non-hydrogen) atoms. The zero-order valence-electron chi connectivity index (χ0n) is 17.4. The van der Waals surface area contributed by atoms with E-state index in [0.717, 1.165) is 55.6 Å². The van der Waals surface area contributed by atoms with Gasteiger partial charge in [0.25, 0.3) is 0 Å². The molecule has 0 spiro atoms. The number of carbonyl (C=O) groups excluding carboxylic acids is 1. The van der Waals surface area contributed by atoms with Gasteiger partial charge in [-0.3, -0.25) is 9.79 Å². The van der Waals surface area contributed by atoms with Crippen molar-refractivity contribution in [2.75, 3.05) is 19.6 Å². The van der Waals surface area contributed by atoms with Gasteiger partial charge in [-0.05, 0) is 42.5 Å². The van der Waals surface area contributed by atoms with Crippen LogP contribution < -0.4 is 10.6 Å². The molecule has 1 amide bonds. The molecular formula is C23H30ClIN4O. The van der Waals surface area contributed by atoms with E-state index in [-0.39, 0.29) is 29.9 Å². The van der Waals surface area contributed by atoms with E-state index < -0.39 is 0 Å². The summed E-state index contributed by atoms with van der Waals surface area (Å²) in [7, 11) is 0. The Balaban J connectivity index is 0.00000320. The standard InChI is InChI=1S/C23H29ClN4O.HI/c1-2-25-23(27-15-13-18-8-5-6-11-21(18)24)26-14-7-12-22(29)28-16-19-9-3-4-10-20(19)17-28;/h3-6,8-11H,2,7,12-17H2,1H3,(H2,25,26,27);1H. The van der Waals surface area contributed by atoms with Gasteiger partial charge in [0.15, 0.2) is 5.96 Å². The number of guanidine groups is 1. The summed E-state index contributed by atoms with van der Waals surface area (Å²) in [6.45, 7) is 5.66. The number of amides is 1. The number of hydrogen-bond acceptors (Lipinski definition) is 2. The van der Waals surface area contributed by atoms with Crippen molar-refractivity contribution in [3.8, 4) is 0 Å². The lowest BCUT2D eigenvalue weighted by molar-refractivity contribution is -0.131. The van der Waals surface area contributed by atoms with E-state index in [1.807, 2.05) is 48.2 Å². The molecule has 0 aliphatic carbocycles. The minimum atomic E-state index is 0. The molecule has 0 saturated heterocycles. The van der Waals surface area contributed by atoms with E-state index in [1.165, 1.54) is 11.1 Å². The zero-order valence-corrected chi connectivity index (χ0v) is 20.5. The monoisotopic (exact) mass is 540 g/mol. The second-order valence-electron chi connectivity index (χ2n) is 7.15. The van der Waals surface area contributed by atoms with Crippen LogP contribution in [0.5, 0.6) is 0 Å². The Morgan fingerprint density at radius 3 is 2.40 bits per heavy atom. The molecule has 0 saturated carbocycles. The Labute approximate surface area is 201 Å². The average molecular weight is 541 g/mol. The van der Waals surface area contributed by atoms with Crippen LogP contribution in [-0.2, 0) is 24.3 Å². The maximum Gasteiger partial charge on any atom is 0.223 e. The van der Waals surface area contributed by atoms with Gasteiger partial charge in [0.2, 0.25) is 5.91 Å². The number of nitrogens with zero attached hydrogens (tertiary/aromatic N) is 2. The summed E-state index contributed by atoms with van der Waals surface area (Å²) in [6, 6.07) is 16.1. The smallest absolute Gasteiger partial charge is 0.223 e. The van der Waals surface area contributed by atoms with Crippen molar-refractivity contribution in [2.24, 2.45) is 4.99 Å². The number of hydrogen-bond donors (Lipinski definition) is 2. The number of rotatable bonds is 8. The van der Waals surface area contributed by atoms with Gasteiger partial charge in [-0.25, -0.2) is 0 Å². The molecule has 162 valence electrons. The van der Waals surface area contributed by atoms with Gasteiger partial charge in [-0.1, -0.05) is 54.1 Å². The lowest BCUT2D eigenvalue weighted by Crippen LogP contribution is -2.38. The number of carbonyl (C=O) groups is 1. The van der Waals surface area contributed by atoms with Gasteiger partial charge in [0.05, 0.1) is 0 Å². The molecule has 1 aliphatic heterocycles.